The minimum absolute atomic E-state index is 0.223. The van der Waals surface area contributed by atoms with Crippen molar-refractivity contribution in [3.63, 3.8) is 0 Å². The quantitative estimate of drug-likeness (QED) is 0.497. The maximum Gasteiger partial charge on any atom is 0.257 e. The molecule has 0 spiro atoms. The van der Waals surface area contributed by atoms with Crippen molar-refractivity contribution < 1.29 is 4.79 Å². The molecular formula is C15H12BrIN2OS. The van der Waals surface area contributed by atoms with Crippen LogP contribution in [0.4, 0.5) is 5.69 Å². The molecule has 0 unspecified atom stereocenters. The third-order valence-electron chi connectivity index (χ3n) is 2.72. The molecule has 1 amide bonds. The monoisotopic (exact) mass is 474 g/mol. The molecule has 0 aliphatic rings. The van der Waals surface area contributed by atoms with Gasteiger partial charge >= 0.3 is 0 Å². The molecule has 21 heavy (non-hydrogen) atoms. The molecule has 0 bridgehead atoms. The molecule has 0 saturated heterocycles. The molecule has 0 aliphatic heterocycles. The van der Waals surface area contributed by atoms with Gasteiger partial charge in [0.15, 0.2) is 5.11 Å². The molecule has 0 atom stereocenters. The topological polar surface area (TPSA) is 41.1 Å². The molecule has 6 heteroatoms. The van der Waals surface area contributed by atoms with Gasteiger partial charge < -0.3 is 5.32 Å². The van der Waals surface area contributed by atoms with E-state index in [2.05, 4.69) is 49.2 Å². The van der Waals surface area contributed by atoms with E-state index >= 15 is 0 Å². The second-order valence-corrected chi connectivity index (χ2v) is 6.88. The van der Waals surface area contributed by atoms with Crippen LogP contribution >= 0.6 is 50.7 Å². The van der Waals surface area contributed by atoms with E-state index in [9.17, 15) is 4.79 Å². The predicted molar refractivity (Wildman–Crippen MR) is 102 cm³/mol. The number of thiocarbonyl (C=S) groups is 1. The summed E-state index contributed by atoms with van der Waals surface area (Å²) < 4.78 is 2.00. The molecule has 0 radical (unpaired) electrons. The first kappa shape index (κ1) is 16.4. The molecular weight excluding hydrogens is 463 g/mol. The van der Waals surface area contributed by atoms with Gasteiger partial charge in [-0.1, -0.05) is 33.6 Å². The van der Waals surface area contributed by atoms with Gasteiger partial charge in [0.05, 0.1) is 5.69 Å². The first-order chi connectivity index (χ1) is 9.95. The fraction of sp³-hybridized carbons (Fsp3) is 0.0667. The minimum atomic E-state index is -0.223. The SMILES string of the molecule is Cc1ccc(C(=O)NC(=S)Nc2ccc(Br)cc2I)cc1. The maximum absolute atomic E-state index is 12.0. The summed E-state index contributed by atoms with van der Waals surface area (Å²) in [6.07, 6.45) is 0. The maximum atomic E-state index is 12.0. The lowest BCUT2D eigenvalue weighted by Gasteiger charge is -2.11. The number of carbonyl (C=O) groups is 1. The van der Waals surface area contributed by atoms with Crippen LogP contribution in [0.2, 0.25) is 0 Å². The molecule has 2 rings (SSSR count). The Morgan fingerprint density at radius 3 is 2.48 bits per heavy atom. The predicted octanol–water partition coefficient (Wildman–Crippen LogP) is 4.49. The minimum Gasteiger partial charge on any atom is -0.332 e. The van der Waals surface area contributed by atoms with E-state index in [1.807, 2.05) is 37.3 Å². The summed E-state index contributed by atoms with van der Waals surface area (Å²) in [7, 11) is 0. The standard InChI is InChI=1S/C15H12BrIN2OS/c1-9-2-4-10(5-3-9)14(20)19-15(21)18-13-7-6-11(16)8-12(13)17/h2-8H,1H3,(H2,18,19,20,21). The average molecular weight is 475 g/mol. The van der Waals surface area contributed by atoms with Crippen LogP contribution in [0.25, 0.3) is 0 Å². The van der Waals surface area contributed by atoms with Crippen LogP contribution in [0.15, 0.2) is 46.9 Å². The average Bonchev–Trinajstić information content (AvgIpc) is 2.42. The van der Waals surface area contributed by atoms with Crippen LogP contribution in [0.5, 0.6) is 0 Å². The highest BCUT2D eigenvalue weighted by Crippen LogP contribution is 2.22. The van der Waals surface area contributed by atoms with E-state index in [4.69, 9.17) is 12.2 Å². The molecule has 3 nitrogen and oxygen atoms in total. The van der Waals surface area contributed by atoms with Crippen molar-refractivity contribution in [2.75, 3.05) is 5.32 Å². The van der Waals surface area contributed by atoms with E-state index < -0.39 is 0 Å². The Balaban J connectivity index is 2.01. The van der Waals surface area contributed by atoms with Gasteiger partial charge in [-0.2, -0.15) is 0 Å². The Bertz CT molecular complexity index is 689. The molecule has 0 heterocycles. The van der Waals surface area contributed by atoms with Crippen molar-refractivity contribution in [3.8, 4) is 0 Å². The normalized spacial score (nSPS) is 10.0. The number of hydrogen-bond acceptors (Lipinski definition) is 2. The summed E-state index contributed by atoms with van der Waals surface area (Å²) in [6, 6.07) is 13.1. The summed E-state index contributed by atoms with van der Waals surface area (Å²) in [6.45, 7) is 1.98. The van der Waals surface area contributed by atoms with Gasteiger partial charge in [0.1, 0.15) is 0 Å². The van der Waals surface area contributed by atoms with Crippen molar-refractivity contribution in [1.82, 2.24) is 5.32 Å². The lowest BCUT2D eigenvalue weighted by Crippen LogP contribution is -2.34. The number of hydrogen-bond donors (Lipinski definition) is 2. The van der Waals surface area contributed by atoms with Crippen molar-refractivity contribution in [3.05, 3.63) is 61.6 Å². The molecule has 0 aromatic heterocycles. The third kappa shape index (κ3) is 4.76. The van der Waals surface area contributed by atoms with Crippen LogP contribution in [0.1, 0.15) is 15.9 Å². The zero-order chi connectivity index (χ0) is 15.4. The Hall–Kier alpha value is -0.990. The fourth-order valence-corrected chi connectivity index (χ4v) is 3.27. The fourth-order valence-electron chi connectivity index (χ4n) is 1.62. The Labute approximate surface area is 150 Å². The zero-order valence-electron chi connectivity index (χ0n) is 11.1. The van der Waals surface area contributed by atoms with Gasteiger partial charge in [0.25, 0.3) is 5.91 Å². The highest BCUT2D eigenvalue weighted by atomic mass is 127. The first-order valence-corrected chi connectivity index (χ1v) is 8.38. The number of rotatable bonds is 2. The summed E-state index contributed by atoms with van der Waals surface area (Å²) in [5, 5.41) is 5.97. The van der Waals surface area contributed by atoms with Crippen molar-refractivity contribution in [1.29, 1.82) is 0 Å². The van der Waals surface area contributed by atoms with E-state index in [-0.39, 0.29) is 11.0 Å². The van der Waals surface area contributed by atoms with E-state index in [1.165, 1.54) is 0 Å². The van der Waals surface area contributed by atoms with Gasteiger partial charge in [0, 0.05) is 13.6 Å². The van der Waals surface area contributed by atoms with Gasteiger partial charge in [-0.3, -0.25) is 10.1 Å². The van der Waals surface area contributed by atoms with Crippen LogP contribution in [0.3, 0.4) is 0 Å². The number of carbonyl (C=O) groups excluding carboxylic acids is 1. The summed E-state index contributed by atoms with van der Waals surface area (Å²) >= 11 is 10.8. The van der Waals surface area contributed by atoms with E-state index in [0.29, 0.717) is 5.56 Å². The van der Waals surface area contributed by atoms with Gasteiger partial charge in [0.2, 0.25) is 0 Å². The smallest absolute Gasteiger partial charge is 0.257 e. The molecule has 2 N–H and O–H groups in total. The Morgan fingerprint density at radius 1 is 1.19 bits per heavy atom. The lowest BCUT2D eigenvalue weighted by atomic mass is 10.1. The first-order valence-electron chi connectivity index (χ1n) is 6.10. The van der Waals surface area contributed by atoms with Crippen LogP contribution < -0.4 is 10.6 Å². The molecule has 0 aliphatic carbocycles. The van der Waals surface area contributed by atoms with Gasteiger partial charge in [-0.25, -0.2) is 0 Å². The largest absolute Gasteiger partial charge is 0.332 e. The number of aryl methyl sites for hydroxylation is 1. The van der Waals surface area contributed by atoms with E-state index in [0.717, 1.165) is 19.3 Å². The lowest BCUT2D eigenvalue weighted by molar-refractivity contribution is 0.0978. The second-order valence-electron chi connectivity index (χ2n) is 4.40. The number of benzene rings is 2. The van der Waals surface area contributed by atoms with Crippen LogP contribution in [-0.2, 0) is 0 Å². The number of anilines is 1. The highest BCUT2D eigenvalue weighted by Gasteiger charge is 2.09. The highest BCUT2D eigenvalue weighted by molar-refractivity contribution is 14.1. The van der Waals surface area contributed by atoms with Gasteiger partial charge in [-0.15, -0.1) is 0 Å². The number of amides is 1. The Morgan fingerprint density at radius 2 is 1.86 bits per heavy atom. The van der Waals surface area contributed by atoms with Gasteiger partial charge in [-0.05, 0) is 72.1 Å². The number of halogens is 2. The molecule has 2 aromatic carbocycles. The molecule has 0 fully saturated rings. The van der Waals surface area contributed by atoms with Crippen molar-refractivity contribution >= 4 is 67.4 Å². The Kier molecular flexibility index (Phi) is 5.72. The summed E-state index contributed by atoms with van der Waals surface area (Å²) in [4.78, 5) is 12.0. The summed E-state index contributed by atoms with van der Waals surface area (Å²) in [5.74, 6) is -0.223. The van der Waals surface area contributed by atoms with Crippen molar-refractivity contribution in [2.45, 2.75) is 6.92 Å². The summed E-state index contributed by atoms with van der Waals surface area (Å²) in [5.41, 5.74) is 2.54. The second kappa shape index (κ2) is 7.33. The van der Waals surface area contributed by atoms with Crippen LogP contribution in [-0.4, -0.2) is 11.0 Å². The van der Waals surface area contributed by atoms with Crippen molar-refractivity contribution in [2.24, 2.45) is 0 Å². The third-order valence-corrected chi connectivity index (χ3v) is 4.31. The molecule has 0 saturated carbocycles. The number of nitrogens with one attached hydrogen (secondary N) is 2. The van der Waals surface area contributed by atoms with E-state index in [1.54, 1.807) is 12.1 Å². The van der Waals surface area contributed by atoms with Crippen LogP contribution in [0, 0.1) is 10.5 Å². The molecule has 2 aromatic rings. The zero-order valence-corrected chi connectivity index (χ0v) is 15.7. The molecule has 108 valence electrons.